The fourth-order valence-corrected chi connectivity index (χ4v) is 2.19. The van der Waals surface area contributed by atoms with Crippen molar-refractivity contribution in [2.24, 2.45) is 5.10 Å². The van der Waals surface area contributed by atoms with Crippen LogP contribution in [0, 0.1) is 17.0 Å². The summed E-state index contributed by atoms with van der Waals surface area (Å²) < 4.78 is 11.5. The van der Waals surface area contributed by atoms with E-state index >= 15 is 0 Å². The lowest BCUT2D eigenvalue weighted by molar-refractivity contribution is -0.392. The predicted octanol–water partition coefficient (Wildman–Crippen LogP) is 1.32. The molecule has 2 aromatic rings. The zero-order chi connectivity index (χ0) is 21.6. The molecule has 0 aliphatic heterocycles. The van der Waals surface area contributed by atoms with Gasteiger partial charge in [-0.15, -0.1) is 0 Å². The van der Waals surface area contributed by atoms with Gasteiger partial charge in [-0.1, -0.05) is 0 Å². The van der Waals surface area contributed by atoms with E-state index in [0.717, 1.165) is 6.20 Å². The highest BCUT2D eigenvalue weighted by Gasteiger charge is 2.20. The van der Waals surface area contributed by atoms with Crippen molar-refractivity contribution in [2.75, 3.05) is 21.2 Å². The van der Waals surface area contributed by atoms with Crippen LogP contribution in [0.1, 0.15) is 11.4 Å². The Morgan fingerprint density at radius 2 is 2.10 bits per heavy atom. The van der Waals surface area contributed by atoms with E-state index < -0.39 is 16.9 Å². The third kappa shape index (κ3) is 5.51. The number of hydrazone groups is 1. The summed E-state index contributed by atoms with van der Waals surface area (Å²) in [5.74, 6) is 0.0296. The molecule has 2 amide bonds. The first kappa shape index (κ1) is 21.3. The summed E-state index contributed by atoms with van der Waals surface area (Å²) in [6.45, 7) is 1.25. The topological polar surface area (TPSA) is 141 Å². The number of hydrogen-bond acceptors (Lipinski definition) is 8. The summed E-state index contributed by atoms with van der Waals surface area (Å²) >= 11 is 0. The zero-order valence-corrected chi connectivity index (χ0v) is 16.3. The van der Waals surface area contributed by atoms with Gasteiger partial charge >= 0.3 is 11.9 Å². The van der Waals surface area contributed by atoms with E-state index in [0.29, 0.717) is 17.1 Å². The van der Waals surface area contributed by atoms with Crippen LogP contribution in [0.2, 0.25) is 0 Å². The number of carbonyl (C=O) groups excluding carboxylic acids is 2. The third-order valence-electron chi connectivity index (χ3n) is 3.68. The van der Waals surface area contributed by atoms with Gasteiger partial charge in [0.15, 0.2) is 23.9 Å². The second-order valence-corrected chi connectivity index (χ2v) is 5.97. The van der Waals surface area contributed by atoms with E-state index in [-0.39, 0.29) is 18.1 Å². The monoisotopic (exact) mass is 404 g/mol. The Kier molecular flexibility index (Phi) is 6.85. The highest BCUT2D eigenvalue weighted by atomic mass is 16.6. The number of amides is 2. The summed E-state index contributed by atoms with van der Waals surface area (Å²) in [4.78, 5) is 39.1. The van der Waals surface area contributed by atoms with Gasteiger partial charge < -0.3 is 24.5 Å². The minimum atomic E-state index is -0.618. The smallest absolute Gasteiger partial charge is 0.414 e. The summed E-state index contributed by atoms with van der Waals surface area (Å²) in [5, 5.41) is 14.8. The fourth-order valence-electron chi connectivity index (χ4n) is 2.19. The number of carbonyl (C=O) groups is 2. The molecule has 1 heterocycles. The molecule has 12 heteroatoms. The summed E-state index contributed by atoms with van der Waals surface area (Å²) in [6, 6.07) is 4.71. The number of aromatic nitrogens is 2. The van der Waals surface area contributed by atoms with Crippen LogP contribution in [-0.4, -0.2) is 58.8 Å². The number of benzene rings is 1. The van der Waals surface area contributed by atoms with Crippen LogP contribution in [-0.2, 0) is 11.3 Å². The van der Waals surface area contributed by atoms with Crippen molar-refractivity contribution in [3.63, 3.8) is 0 Å². The molecule has 12 nitrogen and oxygen atoms in total. The molecule has 1 aromatic carbocycles. The molecule has 0 radical (unpaired) electrons. The number of methoxy groups -OCH3 is 1. The number of ether oxygens (including phenoxy) is 2. The Morgan fingerprint density at radius 1 is 1.38 bits per heavy atom. The molecule has 29 heavy (non-hydrogen) atoms. The van der Waals surface area contributed by atoms with Crippen LogP contribution in [0.4, 0.5) is 10.6 Å². The van der Waals surface area contributed by atoms with Crippen molar-refractivity contribution in [1.82, 2.24) is 19.9 Å². The van der Waals surface area contributed by atoms with Crippen molar-refractivity contribution in [1.29, 1.82) is 0 Å². The van der Waals surface area contributed by atoms with Crippen LogP contribution < -0.4 is 14.9 Å². The molecule has 0 atom stereocenters. The zero-order valence-electron chi connectivity index (χ0n) is 16.3. The molecule has 1 aromatic heterocycles. The van der Waals surface area contributed by atoms with E-state index in [4.69, 9.17) is 9.47 Å². The molecule has 2 rings (SSSR count). The second-order valence-electron chi connectivity index (χ2n) is 5.97. The normalized spacial score (nSPS) is 10.6. The molecule has 0 spiro atoms. The van der Waals surface area contributed by atoms with Gasteiger partial charge in [0, 0.05) is 21.0 Å². The Morgan fingerprint density at radius 3 is 2.72 bits per heavy atom. The molecule has 0 unspecified atom stereocenters. The first-order valence-corrected chi connectivity index (χ1v) is 8.28. The molecule has 1 N–H and O–H groups in total. The van der Waals surface area contributed by atoms with E-state index in [2.05, 4.69) is 15.5 Å². The van der Waals surface area contributed by atoms with Gasteiger partial charge in [0.1, 0.15) is 6.20 Å². The summed E-state index contributed by atoms with van der Waals surface area (Å²) in [5.41, 5.74) is 2.85. The molecule has 0 saturated carbocycles. The van der Waals surface area contributed by atoms with Crippen LogP contribution in [0.15, 0.2) is 29.5 Å². The Hall–Kier alpha value is -3.96. The van der Waals surface area contributed by atoms with E-state index in [1.165, 1.54) is 28.9 Å². The number of nitro groups is 1. The Balaban J connectivity index is 2.03. The number of imidazole rings is 1. The molecule has 0 saturated heterocycles. The number of aryl methyl sites for hydroxylation is 1. The first-order chi connectivity index (χ1) is 13.7. The Labute approximate surface area is 165 Å². The van der Waals surface area contributed by atoms with Crippen molar-refractivity contribution in [3.8, 4) is 11.5 Å². The minimum Gasteiger partial charge on any atom is -0.493 e. The average Bonchev–Trinajstić information content (AvgIpc) is 3.03. The van der Waals surface area contributed by atoms with E-state index in [1.807, 2.05) is 0 Å². The number of rotatable bonds is 7. The second kappa shape index (κ2) is 9.30. The Bertz CT molecular complexity index is 952. The van der Waals surface area contributed by atoms with Gasteiger partial charge in [-0.2, -0.15) is 5.10 Å². The number of hydrogen-bond donors (Lipinski definition) is 1. The lowest BCUT2D eigenvalue weighted by Crippen LogP contribution is -2.25. The average molecular weight is 404 g/mol. The lowest BCUT2D eigenvalue weighted by Gasteiger charge is -2.13. The number of nitrogens with zero attached hydrogens (tertiary/aromatic N) is 5. The quantitative estimate of drug-likeness (QED) is 0.417. The van der Waals surface area contributed by atoms with E-state index in [9.17, 15) is 19.7 Å². The maximum absolute atomic E-state index is 12.0. The van der Waals surface area contributed by atoms with Gasteiger partial charge in [-0.25, -0.2) is 19.8 Å². The number of nitrogens with one attached hydrogen (secondary N) is 1. The maximum Gasteiger partial charge on any atom is 0.414 e. The first-order valence-electron chi connectivity index (χ1n) is 8.28. The van der Waals surface area contributed by atoms with Crippen molar-refractivity contribution in [2.45, 2.75) is 13.5 Å². The van der Waals surface area contributed by atoms with Gasteiger partial charge in [0.25, 0.3) is 5.91 Å². The summed E-state index contributed by atoms with van der Waals surface area (Å²) in [6.07, 6.45) is 1.89. The third-order valence-corrected chi connectivity index (χ3v) is 3.68. The molecular formula is C17H20N6O6. The molecule has 0 aliphatic carbocycles. The SMILES string of the molecule is COc1cc(C=NNC(=O)Cn2c([N+](=O)[O-])cnc2C)ccc1OC(=O)N(C)C. The van der Waals surface area contributed by atoms with Gasteiger partial charge in [-0.3, -0.25) is 4.79 Å². The van der Waals surface area contributed by atoms with Gasteiger partial charge in [0.05, 0.1) is 13.3 Å². The van der Waals surface area contributed by atoms with Crippen molar-refractivity contribution in [3.05, 3.63) is 45.9 Å². The highest BCUT2D eigenvalue weighted by Crippen LogP contribution is 2.28. The highest BCUT2D eigenvalue weighted by molar-refractivity contribution is 5.83. The molecule has 0 fully saturated rings. The van der Waals surface area contributed by atoms with Crippen molar-refractivity contribution >= 4 is 24.0 Å². The molecule has 154 valence electrons. The molecule has 0 aliphatic rings. The van der Waals surface area contributed by atoms with Crippen LogP contribution in [0.25, 0.3) is 0 Å². The fraction of sp³-hybridized carbons (Fsp3) is 0.294. The minimum absolute atomic E-state index is 0.232. The lowest BCUT2D eigenvalue weighted by atomic mass is 10.2. The summed E-state index contributed by atoms with van der Waals surface area (Å²) in [7, 11) is 4.53. The maximum atomic E-state index is 12.0. The standard InChI is InChI=1S/C17H20N6O6/c1-11-18-9-16(23(26)27)22(11)10-15(24)20-19-8-12-5-6-13(14(7-12)28-4)29-17(25)21(2)3/h5-9H,10H2,1-4H3,(H,20,24). The molecule has 0 bridgehead atoms. The van der Waals surface area contributed by atoms with Crippen LogP contribution >= 0.6 is 0 Å². The van der Waals surface area contributed by atoms with Crippen LogP contribution in [0.3, 0.4) is 0 Å². The largest absolute Gasteiger partial charge is 0.493 e. The van der Waals surface area contributed by atoms with E-state index in [1.54, 1.807) is 33.2 Å². The van der Waals surface area contributed by atoms with Gasteiger partial charge in [-0.05, 0) is 28.7 Å². The van der Waals surface area contributed by atoms with Gasteiger partial charge in [0.2, 0.25) is 0 Å². The van der Waals surface area contributed by atoms with Crippen LogP contribution in [0.5, 0.6) is 11.5 Å². The van der Waals surface area contributed by atoms with Crippen molar-refractivity contribution < 1.29 is 24.0 Å². The molecular weight excluding hydrogens is 384 g/mol. The predicted molar refractivity (Wildman–Crippen MR) is 102 cm³/mol.